The van der Waals surface area contributed by atoms with Crippen molar-refractivity contribution in [3.63, 3.8) is 0 Å². The summed E-state index contributed by atoms with van der Waals surface area (Å²) in [5.74, 6) is -1.59. The van der Waals surface area contributed by atoms with Crippen molar-refractivity contribution in [1.29, 1.82) is 0 Å². The Morgan fingerprint density at radius 2 is 1.68 bits per heavy atom. The highest BCUT2D eigenvalue weighted by molar-refractivity contribution is 8.00. The smallest absolute Gasteiger partial charge is 0.339 e. The Morgan fingerprint density at radius 3 is 2.16 bits per heavy atom. The van der Waals surface area contributed by atoms with Crippen LogP contribution >= 0.6 is 11.8 Å². The number of hydrogen-bond acceptors (Lipinski definition) is 5. The number of thioether (sulfide) groups is 1. The third kappa shape index (κ3) is 5.75. The fourth-order valence-corrected chi connectivity index (χ4v) is 3.51. The molecule has 6 heteroatoms. The number of rotatable bonds is 8. The number of nitrogens with two attached hydrogens (primary N) is 1. The molecule has 1 atom stereocenters. The molecule has 0 spiro atoms. The average molecular weight is 368 g/mol. The van der Waals surface area contributed by atoms with Crippen molar-refractivity contribution in [2.24, 2.45) is 5.73 Å². The minimum Gasteiger partial charge on any atom is -0.479 e. The van der Waals surface area contributed by atoms with Crippen molar-refractivity contribution in [1.82, 2.24) is 0 Å². The van der Waals surface area contributed by atoms with Gasteiger partial charge in [0.25, 0.3) is 0 Å². The van der Waals surface area contributed by atoms with Gasteiger partial charge in [0.05, 0.1) is 4.75 Å². The lowest BCUT2D eigenvalue weighted by atomic mass is 9.86. The van der Waals surface area contributed by atoms with E-state index in [0.29, 0.717) is 5.75 Å². The Bertz CT molecular complexity index is 595. The number of ether oxygens (including phenoxy) is 1. The van der Waals surface area contributed by atoms with Crippen LogP contribution in [0, 0.1) is 0 Å². The van der Waals surface area contributed by atoms with Gasteiger partial charge in [0.1, 0.15) is 5.60 Å². The summed E-state index contributed by atoms with van der Waals surface area (Å²) in [5, 5.41) is 9.63. The van der Waals surface area contributed by atoms with Gasteiger partial charge in [-0.15, -0.1) is 0 Å². The van der Waals surface area contributed by atoms with E-state index in [1.165, 1.54) is 17.3 Å². The van der Waals surface area contributed by atoms with Crippen LogP contribution in [0.4, 0.5) is 0 Å². The SMILES string of the molecule is CC(C)(C)OC(=O)[C@](N)(C(=O)O)C(C)(C)SCCCc1ccccc1. The molecule has 0 aliphatic heterocycles. The molecule has 1 aromatic carbocycles. The summed E-state index contributed by atoms with van der Waals surface area (Å²) in [6.45, 7) is 8.42. The number of carboxylic acids is 1. The molecule has 0 aliphatic rings. The molecule has 0 amide bonds. The van der Waals surface area contributed by atoms with Crippen LogP contribution in [0.1, 0.15) is 46.6 Å². The molecule has 0 saturated heterocycles. The highest BCUT2D eigenvalue weighted by Gasteiger charge is 2.57. The van der Waals surface area contributed by atoms with Crippen LogP contribution in [-0.4, -0.2) is 38.7 Å². The molecule has 0 unspecified atom stereocenters. The fraction of sp³-hybridized carbons (Fsp3) is 0.579. The first-order valence-corrected chi connectivity index (χ1v) is 9.32. The molecule has 25 heavy (non-hydrogen) atoms. The predicted molar refractivity (Wildman–Crippen MR) is 102 cm³/mol. The molecule has 1 rings (SSSR count). The van der Waals surface area contributed by atoms with Crippen molar-refractivity contribution in [2.45, 2.75) is 63.3 Å². The van der Waals surface area contributed by atoms with Crippen LogP contribution in [0.5, 0.6) is 0 Å². The van der Waals surface area contributed by atoms with E-state index in [9.17, 15) is 14.7 Å². The Hall–Kier alpha value is -1.53. The molecule has 0 saturated carbocycles. The second kappa shape index (κ2) is 8.23. The van der Waals surface area contributed by atoms with Crippen LogP contribution in [0.3, 0.4) is 0 Å². The highest BCUT2D eigenvalue weighted by Crippen LogP contribution is 2.37. The number of carboxylic acid groups (broad SMARTS) is 1. The zero-order chi connectivity index (χ0) is 19.3. The third-order valence-electron chi connectivity index (χ3n) is 3.92. The number of carbonyl (C=O) groups excluding carboxylic acids is 1. The number of aryl methyl sites for hydroxylation is 1. The summed E-state index contributed by atoms with van der Waals surface area (Å²) < 4.78 is 4.25. The summed E-state index contributed by atoms with van der Waals surface area (Å²) >= 11 is 1.38. The molecule has 0 radical (unpaired) electrons. The average Bonchev–Trinajstić information content (AvgIpc) is 2.49. The van der Waals surface area contributed by atoms with Gasteiger partial charge in [0.15, 0.2) is 0 Å². The van der Waals surface area contributed by atoms with E-state index in [-0.39, 0.29) is 0 Å². The first kappa shape index (κ1) is 21.5. The minimum absolute atomic E-state index is 0.691. The predicted octanol–water partition coefficient (Wildman–Crippen LogP) is 3.25. The molecule has 0 fully saturated rings. The fourth-order valence-electron chi connectivity index (χ4n) is 2.31. The molecule has 0 bridgehead atoms. The van der Waals surface area contributed by atoms with Gasteiger partial charge in [-0.25, -0.2) is 9.59 Å². The molecule has 3 N–H and O–H groups in total. The van der Waals surface area contributed by atoms with Crippen molar-refractivity contribution < 1.29 is 19.4 Å². The first-order valence-electron chi connectivity index (χ1n) is 8.34. The van der Waals surface area contributed by atoms with Crippen LogP contribution in [0.25, 0.3) is 0 Å². The molecular formula is C19H29NO4S. The quantitative estimate of drug-likeness (QED) is 0.416. The molecule has 1 aromatic rings. The monoisotopic (exact) mass is 367 g/mol. The second-order valence-corrected chi connectivity index (χ2v) is 9.28. The van der Waals surface area contributed by atoms with E-state index in [1.54, 1.807) is 34.6 Å². The lowest BCUT2D eigenvalue weighted by molar-refractivity contribution is -0.170. The number of carbonyl (C=O) groups is 2. The van der Waals surface area contributed by atoms with Crippen LogP contribution in [0.2, 0.25) is 0 Å². The Morgan fingerprint density at radius 1 is 1.12 bits per heavy atom. The lowest BCUT2D eigenvalue weighted by Crippen LogP contribution is -2.68. The molecule has 0 aromatic heterocycles. The van der Waals surface area contributed by atoms with E-state index in [2.05, 4.69) is 12.1 Å². The van der Waals surface area contributed by atoms with Gasteiger partial charge >= 0.3 is 11.9 Å². The summed E-state index contributed by atoms with van der Waals surface area (Å²) in [6, 6.07) is 10.1. The molecule has 0 heterocycles. The van der Waals surface area contributed by atoms with Crippen molar-refractivity contribution in [3.05, 3.63) is 35.9 Å². The van der Waals surface area contributed by atoms with Gasteiger partial charge < -0.3 is 15.6 Å². The Balaban J connectivity index is 2.76. The number of aliphatic carboxylic acids is 1. The Kier molecular flexibility index (Phi) is 7.08. The molecule has 140 valence electrons. The lowest BCUT2D eigenvalue weighted by Gasteiger charge is -2.39. The zero-order valence-corrected chi connectivity index (χ0v) is 16.5. The molecule has 5 nitrogen and oxygen atoms in total. The van der Waals surface area contributed by atoms with Crippen LogP contribution in [0.15, 0.2) is 30.3 Å². The van der Waals surface area contributed by atoms with E-state index in [4.69, 9.17) is 10.5 Å². The minimum atomic E-state index is -2.11. The second-order valence-electron chi connectivity index (χ2n) is 7.56. The maximum absolute atomic E-state index is 12.5. The van der Waals surface area contributed by atoms with Crippen molar-refractivity contribution in [2.75, 3.05) is 5.75 Å². The van der Waals surface area contributed by atoms with Crippen molar-refractivity contribution in [3.8, 4) is 0 Å². The number of esters is 1. The Labute approximate surface area is 154 Å². The van der Waals surface area contributed by atoms with E-state index >= 15 is 0 Å². The van der Waals surface area contributed by atoms with E-state index in [0.717, 1.165) is 12.8 Å². The topological polar surface area (TPSA) is 89.6 Å². The number of benzene rings is 1. The zero-order valence-electron chi connectivity index (χ0n) is 15.7. The maximum Gasteiger partial charge on any atom is 0.339 e. The summed E-state index contributed by atoms with van der Waals surface area (Å²) in [4.78, 5) is 24.3. The van der Waals surface area contributed by atoms with Gasteiger partial charge in [-0.3, -0.25) is 0 Å². The van der Waals surface area contributed by atoms with Crippen LogP contribution < -0.4 is 5.73 Å². The maximum atomic E-state index is 12.5. The third-order valence-corrected chi connectivity index (χ3v) is 5.46. The van der Waals surface area contributed by atoms with Gasteiger partial charge in [-0.2, -0.15) is 11.8 Å². The molecular weight excluding hydrogens is 338 g/mol. The van der Waals surface area contributed by atoms with Gasteiger partial charge in [0, 0.05) is 0 Å². The van der Waals surface area contributed by atoms with Crippen molar-refractivity contribution >= 4 is 23.7 Å². The standard InChI is InChI=1S/C19H29NO4S/c1-17(2,3)24-16(23)19(20,15(21)22)18(4,5)25-13-9-12-14-10-7-6-8-11-14/h6-8,10-11H,9,12-13,20H2,1-5H3,(H,21,22)/t19-/m1/s1. The highest BCUT2D eigenvalue weighted by atomic mass is 32.2. The van der Waals surface area contributed by atoms with E-state index in [1.807, 2.05) is 18.2 Å². The first-order chi connectivity index (χ1) is 11.4. The normalized spacial score (nSPS) is 14.6. The van der Waals surface area contributed by atoms with Gasteiger partial charge in [-0.05, 0) is 58.8 Å². The van der Waals surface area contributed by atoms with Gasteiger partial charge in [-0.1, -0.05) is 30.3 Å². The van der Waals surface area contributed by atoms with Gasteiger partial charge in [0.2, 0.25) is 5.54 Å². The summed E-state index contributed by atoms with van der Waals surface area (Å²) in [5.41, 5.74) is 4.38. The summed E-state index contributed by atoms with van der Waals surface area (Å²) in [7, 11) is 0. The van der Waals surface area contributed by atoms with E-state index < -0.39 is 27.8 Å². The summed E-state index contributed by atoms with van der Waals surface area (Å²) in [6.07, 6.45) is 1.75. The molecule has 0 aliphatic carbocycles. The largest absolute Gasteiger partial charge is 0.479 e. The number of hydrogen-bond donors (Lipinski definition) is 2. The van der Waals surface area contributed by atoms with Crippen LogP contribution in [-0.2, 0) is 20.7 Å².